The van der Waals surface area contributed by atoms with Gasteiger partial charge in [-0.3, -0.25) is 4.79 Å². The maximum Gasteiger partial charge on any atom is 0.410 e. The van der Waals surface area contributed by atoms with Crippen LogP contribution in [0, 0.1) is 11.8 Å². The second-order valence-corrected chi connectivity index (χ2v) is 16.3. The van der Waals surface area contributed by atoms with Crippen molar-refractivity contribution in [3.8, 4) is 5.75 Å². The minimum Gasteiger partial charge on any atom is -0.490 e. The number of ether oxygens (including phenoxy) is 4. The van der Waals surface area contributed by atoms with Gasteiger partial charge in [-0.15, -0.1) is 0 Å². The molecule has 13 heteroatoms. The monoisotopic (exact) mass is 715 g/mol. The molecule has 2 amide bonds. The number of benzene rings is 2. The van der Waals surface area contributed by atoms with E-state index in [4.69, 9.17) is 30.5 Å². The van der Waals surface area contributed by atoms with Gasteiger partial charge in [0.15, 0.2) is 0 Å². The lowest BCUT2D eigenvalue weighted by atomic mass is 9.68. The fourth-order valence-electron chi connectivity index (χ4n) is 7.41. The number of halogens is 1. The lowest BCUT2D eigenvalue weighted by Gasteiger charge is -2.46. The Balaban J connectivity index is 1.40. The summed E-state index contributed by atoms with van der Waals surface area (Å²) in [7, 11) is -0.981. The van der Waals surface area contributed by atoms with Crippen LogP contribution in [0.25, 0.3) is 0 Å². The molecule has 2 bridgehead atoms. The molecule has 0 radical (unpaired) electrons. The second-order valence-electron chi connectivity index (χ2n) is 14.2. The summed E-state index contributed by atoms with van der Waals surface area (Å²) in [6.07, 6.45) is 7.13. The highest BCUT2D eigenvalue weighted by Gasteiger charge is 2.45. The van der Waals surface area contributed by atoms with Crippen LogP contribution >= 0.6 is 11.6 Å². The quantitative estimate of drug-likeness (QED) is 0.431. The third-order valence-corrected chi connectivity index (χ3v) is 12.1. The number of nitrogens with one attached hydrogen (secondary N) is 1. The highest BCUT2D eigenvalue weighted by Crippen LogP contribution is 2.47. The number of sulfonamides is 1. The highest BCUT2D eigenvalue weighted by atomic mass is 35.5. The van der Waals surface area contributed by atoms with Crippen LogP contribution in [0.3, 0.4) is 0 Å². The van der Waals surface area contributed by atoms with E-state index in [1.807, 2.05) is 18.2 Å². The van der Waals surface area contributed by atoms with Crippen LogP contribution in [-0.2, 0) is 40.9 Å². The Kier molecular flexibility index (Phi) is 10.2. The minimum atomic E-state index is -4.24. The number of amides is 2. The summed E-state index contributed by atoms with van der Waals surface area (Å²) in [6.45, 7) is 5.41. The predicted octanol–water partition coefficient (Wildman–Crippen LogP) is 5.09. The summed E-state index contributed by atoms with van der Waals surface area (Å²) in [5, 5.41) is 0.697. The first-order valence-electron chi connectivity index (χ1n) is 16.9. The number of carbonyl (C=O) groups is 2. The van der Waals surface area contributed by atoms with Crippen molar-refractivity contribution in [1.82, 2.24) is 9.62 Å². The number of hydrogen-bond donors (Lipinski definition) is 1. The lowest BCUT2D eigenvalue weighted by Crippen LogP contribution is -2.50. The molecule has 6 rings (SSSR count). The molecule has 4 aliphatic rings. The average Bonchev–Trinajstić information content (AvgIpc) is 3.19. The molecule has 2 aromatic carbocycles. The summed E-state index contributed by atoms with van der Waals surface area (Å²) < 4.78 is 53.1. The van der Waals surface area contributed by atoms with Gasteiger partial charge in [0.05, 0.1) is 30.4 Å². The molecule has 1 fully saturated rings. The van der Waals surface area contributed by atoms with E-state index in [1.165, 1.54) is 35.9 Å². The Labute approximate surface area is 293 Å². The van der Waals surface area contributed by atoms with Crippen molar-refractivity contribution in [2.75, 3.05) is 58.5 Å². The normalized spacial score (nSPS) is 27.4. The number of carbonyl (C=O) groups excluding carboxylic acids is 2. The summed E-state index contributed by atoms with van der Waals surface area (Å²) in [6, 6.07) is 10.8. The van der Waals surface area contributed by atoms with Crippen molar-refractivity contribution in [1.29, 1.82) is 0 Å². The first-order valence-corrected chi connectivity index (χ1v) is 18.8. The molecular formula is C36H46ClN3O8S. The van der Waals surface area contributed by atoms with Crippen molar-refractivity contribution >= 4 is 39.3 Å². The lowest BCUT2D eigenvalue weighted by molar-refractivity contribution is -0.139. The molecule has 0 saturated heterocycles. The molecule has 2 aromatic rings. The molecule has 0 unspecified atom stereocenters. The van der Waals surface area contributed by atoms with Gasteiger partial charge in [-0.2, -0.15) is 0 Å². The van der Waals surface area contributed by atoms with Gasteiger partial charge in [0.2, 0.25) is 0 Å². The Morgan fingerprint density at radius 3 is 2.76 bits per heavy atom. The standard InChI is InChI=1S/C36H46ClN3O8S/c1-35(2)33(41)38-49(43,44)27-11-14-32-30(20-27)40(22-36(23-46-32)15-5-7-24-19-26(37)10-13-29(24)36)21-25-9-12-28(25)31(8-6-17-47-35)48-34(42)39(3)16-18-45-4/h6,8,10-11,13-14,19-20,25,28,31H,5,7,9,12,15-18,21-23H2,1-4H3,(H,38,41)/t25-,28+,31-,36-/m0/s1. The topological polar surface area (TPSA) is 124 Å². The summed E-state index contributed by atoms with van der Waals surface area (Å²) in [5.41, 5.74) is 1.22. The average molecular weight is 716 g/mol. The maximum absolute atomic E-state index is 13.6. The smallest absolute Gasteiger partial charge is 0.410 e. The van der Waals surface area contributed by atoms with E-state index in [9.17, 15) is 18.0 Å². The zero-order valence-corrected chi connectivity index (χ0v) is 30.1. The number of nitrogens with zero attached hydrogens (tertiary/aromatic N) is 2. The molecule has 0 aromatic heterocycles. The van der Waals surface area contributed by atoms with Gasteiger partial charge in [0, 0.05) is 50.1 Å². The third-order valence-electron chi connectivity index (χ3n) is 10.5. The van der Waals surface area contributed by atoms with Crippen LogP contribution in [0.4, 0.5) is 10.5 Å². The second kappa shape index (κ2) is 14.1. The summed E-state index contributed by atoms with van der Waals surface area (Å²) in [5.74, 6) is -0.0813. The van der Waals surface area contributed by atoms with Crippen molar-refractivity contribution in [3.63, 3.8) is 0 Å². The Bertz CT molecular complexity index is 1720. The van der Waals surface area contributed by atoms with Gasteiger partial charge in [-0.1, -0.05) is 23.7 Å². The van der Waals surface area contributed by atoms with Crippen molar-refractivity contribution in [2.24, 2.45) is 11.8 Å². The Morgan fingerprint density at radius 2 is 2.00 bits per heavy atom. The molecule has 1 N–H and O–H groups in total. The molecule has 266 valence electrons. The molecule has 2 aliphatic carbocycles. The van der Waals surface area contributed by atoms with Crippen LogP contribution in [0.2, 0.25) is 5.02 Å². The number of fused-ring (bicyclic) bond motifs is 4. The molecular weight excluding hydrogens is 670 g/mol. The largest absolute Gasteiger partial charge is 0.490 e. The van der Waals surface area contributed by atoms with Gasteiger partial charge in [-0.05, 0) is 99.4 Å². The van der Waals surface area contributed by atoms with Crippen LogP contribution in [0.15, 0.2) is 53.4 Å². The van der Waals surface area contributed by atoms with E-state index in [-0.39, 0.29) is 28.8 Å². The van der Waals surface area contributed by atoms with E-state index in [0.717, 1.165) is 32.1 Å². The van der Waals surface area contributed by atoms with Gasteiger partial charge < -0.3 is 28.7 Å². The Morgan fingerprint density at radius 1 is 1.18 bits per heavy atom. The Hall–Kier alpha value is -3.32. The number of methoxy groups -OCH3 is 1. The number of anilines is 1. The van der Waals surface area contributed by atoms with Gasteiger partial charge in [-0.25, -0.2) is 17.9 Å². The third kappa shape index (κ3) is 7.43. The molecule has 2 heterocycles. The van der Waals surface area contributed by atoms with E-state index in [1.54, 1.807) is 32.4 Å². The zero-order chi connectivity index (χ0) is 35.0. The summed E-state index contributed by atoms with van der Waals surface area (Å²) in [4.78, 5) is 30.1. The molecule has 1 saturated carbocycles. The van der Waals surface area contributed by atoms with E-state index < -0.39 is 33.7 Å². The van der Waals surface area contributed by atoms with Crippen molar-refractivity contribution in [2.45, 2.75) is 68.0 Å². The first kappa shape index (κ1) is 35.5. The van der Waals surface area contributed by atoms with Gasteiger partial charge >= 0.3 is 6.09 Å². The van der Waals surface area contributed by atoms with Gasteiger partial charge in [0.25, 0.3) is 15.9 Å². The molecule has 1 spiro atoms. The highest BCUT2D eigenvalue weighted by molar-refractivity contribution is 7.90. The number of hydrogen-bond acceptors (Lipinski definition) is 9. The minimum absolute atomic E-state index is 0.00757. The van der Waals surface area contributed by atoms with Crippen LogP contribution in [0.5, 0.6) is 5.75 Å². The number of likely N-dealkylation sites (N-methyl/N-ethyl adjacent to an activating group) is 1. The number of rotatable bonds is 4. The SMILES string of the molecule is COCCN(C)C(=O)O[C@H]1C=CCOC(C)(C)C(=O)NS(=O)(=O)c2ccc3c(c2)N(C[C@@H]2CC[C@H]21)C[C@@]1(CCCc2cc(Cl)ccc21)CO3. The molecule has 2 aliphatic heterocycles. The van der Waals surface area contributed by atoms with Crippen molar-refractivity contribution < 1.29 is 37.0 Å². The summed E-state index contributed by atoms with van der Waals surface area (Å²) >= 11 is 6.43. The van der Waals surface area contributed by atoms with Crippen LogP contribution < -0.4 is 14.4 Å². The first-order chi connectivity index (χ1) is 23.3. The zero-order valence-electron chi connectivity index (χ0n) is 28.6. The van der Waals surface area contributed by atoms with E-state index >= 15 is 0 Å². The fraction of sp³-hybridized carbons (Fsp3) is 0.556. The fourth-order valence-corrected chi connectivity index (χ4v) is 8.73. The van der Waals surface area contributed by atoms with E-state index in [2.05, 4.69) is 15.7 Å². The van der Waals surface area contributed by atoms with Crippen molar-refractivity contribution in [3.05, 3.63) is 64.7 Å². The predicted molar refractivity (Wildman–Crippen MR) is 186 cm³/mol. The number of aryl methyl sites for hydroxylation is 1. The van der Waals surface area contributed by atoms with Gasteiger partial charge in [0.1, 0.15) is 17.5 Å². The molecule has 4 atom stereocenters. The van der Waals surface area contributed by atoms with Crippen LogP contribution in [-0.4, -0.2) is 90.6 Å². The van der Waals surface area contributed by atoms with E-state index in [0.29, 0.717) is 49.3 Å². The molecule has 11 nitrogen and oxygen atoms in total. The maximum atomic E-state index is 13.6. The van der Waals surface area contributed by atoms with Crippen LogP contribution in [0.1, 0.15) is 50.7 Å². The molecule has 49 heavy (non-hydrogen) atoms.